The Balaban J connectivity index is 1.44. The number of benzene rings is 2. The van der Waals surface area contributed by atoms with Gasteiger partial charge in [-0.3, -0.25) is 4.79 Å². The van der Waals surface area contributed by atoms with Crippen molar-refractivity contribution in [1.82, 2.24) is 4.98 Å². The fourth-order valence-corrected chi connectivity index (χ4v) is 4.88. The van der Waals surface area contributed by atoms with Crippen LogP contribution in [0.3, 0.4) is 0 Å². The van der Waals surface area contributed by atoms with E-state index in [0.29, 0.717) is 6.42 Å². The number of nitrogens with zero attached hydrogens (tertiary/aromatic N) is 1. The summed E-state index contributed by atoms with van der Waals surface area (Å²) in [4.78, 5) is 17.0. The quantitative estimate of drug-likeness (QED) is 0.587. The van der Waals surface area contributed by atoms with Crippen LogP contribution in [0.2, 0.25) is 0 Å². The van der Waals surface area contributed by atoms with Gasteiger partial charge in [-0.25, -0.2) is 4.98 Å². The topological polar surface area (TPSA) is 42.0 Å². The molecule has 0 radical (unpaired) electrons. The zero-order chi connectivity index (χ0) is 17.9. The summed E-state index contributed by atoms with van der Waals surface area (Å²) < 4.78 is 1.20. The molecule has 1 saturated carbocycles. The monoisotopic (exact) mass is 364 g/mol. The highest BCUT2D eigenvalue weighted by atomic mass is 32.1. The second-order valence-electron chi connectivity index (χ2n) is 7.25. The maximum atomic E-state index is 12.2. The number of anilines is 1. The molecule has 1 amide bonds. The van der Waals surface area contributed by atoms with E-state index in [2.05, 4.69) is 30.4 Å². The third kappa shape index (κ3) is 3.80. The van der Waals surface area contributed by atoms with Gasteiger partial charge in [0.15, 0.2) is 0 Å². The molecule has 0 unspecified atom stereocenters. The number of thiazole rings is 1. The summed E-state index contributed by atoms with van der Waals surface area (Å²) in [5.41, 5.74) is 4.19. The molecule has 0 bridgehead atoms. The van der Waals surface area contributed by atoms with E-state index in [1.54, 1.807) is 11.3 Å². The van der Waals surface area contributed by atoms with Crippen LogP contribution >= 0.6 is 11.3 Å². The number of nitrogens with one attached hydrogen (secondary N) is 1. The number of fused-ring (bicyclic) bond motifs is 1. The summed E-state index contributed by atoms with van der Waals surface area (Å²) in [7, 11) is 0. The van der Waals surface area contributed by atoms with Gasteiger partial charge >= 0.3 is 0 Å². The first-order valence-corrected chi connectivity index (χ1v) is 10.3. The number of carbonyl (C=O) groups excluding carboxylic acids is 1. The van der Waals surface area contributed by atoms with Crippen LogP contribution in [0.25, 0.3) is 20.8 Å². The molecule has 4 heteroatoms. The van der Waals surface area contributed by atoms with Crippen LogP contribution in [0.4, 0.5) is 5.69 Å². The summed E-state index contributed by atoms with van der Waals surface area (Å²) >= 11 is 1.71. The molecule has 2 aromatic carbocycles. The number of aromatic nitrogens is 1. The van der Waals surface area contributed by atoms with Crippen molar-refractivity contribution < 1.29 is 4.79 Å². The van der Waals surface area contributed by atoms with Crippen molar-refractivity contribution >= 4 is 33.1 Å². The average Bonchev–Trinajstić information content (AvgIpc) is 3.29. The Bertz CT molecular complexity index is 892. The summed E-state index contributed by atoms with van der Waals surface area (Å²) in [5, 5.41) is 4.09. The van der Waals surface area contributed by atoms with Crippen molar-refractivity contribution in [3.05, 3.63) is 48.0 Å². The van der Waals surface area contributed by atoms with Gasteiger partial charge in [-0.15, -0.1) is 11.3 Å². The Kier molecular flexibility index (Phi) is 5.02. The predicted molar refractivity (Wildman–Crippen MR) is 110 cm³/mol. The molecule has 1 N–H and O–H groups in total. The highest BCUT2D eigenvalue weighted by Gasteiger charge is 2.16. The molecule has 0 atom stereocenters. The van der Waals surface area contributed by atoms with E-state index >= 15 is 0 Å². The molecule has 1 aromatic heterocycles. The van der Waals surface area contributed by atoms with E-state index in [-0.39, 0.29) is 5.91 Å². The van der Waals surface area contributed by atoms with Crippen LogP contribution in [0, 0.1) is 12.8 Å². The van der Waals surface area contributed by atoms with Gasteiger partial charge in [-0.2, -0.15) is 0 Å². The van der Waals surface area contributed by atoms with Crippen LogP contribution in [0.15, 0.2) is 42.5 Å². The van der Waals surface area contributed by atoms with Gasteiger partial charge in [0.2, 0.25) is 5.91 Å². The minimum atomic E-state index is 0.129. The van der Waals surface area contributed by atoms with E-state index in [4.69, 9.17) is 4.98 Å². The highest BCUT2D eigenvalue weighted by molar-refractivity contribution is 7.21. The molecule has 3 nitrogen and oxygen atoms in total. The molecular formula is C22H24N2OS. The van der Waals surface area contributed by atoms with Gasteiger partial charge < -0.3 is 5.32 Å². The average molecular weight is 365 g/mol. The SMILES string of the molecule is Cc1cc(NC(=O)CCC2CCCC2)ccc1-c1nc2ccccc2s1. The number of aryl methyl sites for hydroxylation is 1. The van der Waals surface area contributed by atoms with Crippen LogP contribution < -0.4 is 5.32 Å². The number of carbonyl (C=O) groups is 1. The smallest absolute Gasteiger partial charge is 0.224 e. The molecule has 0 aliphatic heterocycles. The maximum Gasteiger partial charge on any atom is 0.224 e. The second-order valence-corrected chi connectivity index (χ2v) is 8.28. The van der Waals surface area contributed by atoms with E-state index in [9.17, 15) is 4.79 Å². The molecule has 1 aliphatic rings. The Morgan fingerprint density at radius 2 is 2.00 bits per heavy atom. The minimum Gasteiger partial charge on any atom is -0.326 e. The van der Waals surface area contributed by atoms with Crippen LogP contribution in [0.5, 0.6) is 0 Å². The number of amides is 1. The van der Waals surface area contributed by atoms with Crippen molar-refractivity contribution in [3.63, 3.8) is 0 Å². The molecule has 26 heavy (non-hydrogen) atoms. The Morgan fingerprint density at radius 1 is 1.19 bits per heavy atom. The van der Waals surface area contributed by atoms with Crippen molar-refractivity contribution in [3.8, 4) is 10.6 Å². The lowest BCUT2D eigenvalue weighted by Crippen LogP contribution is -2.12. The van der Waals surface area contributed by atoms with Gasteiger partial charge in [0.25, 0.3) is 0 Å². The first kappa shape index (κ1) is 17.2. The zero-order valence-corrected chi connectivity index (χ0v) is 15.9. The van der Waals surface area contributed by atoms with E-state index in [1.807, 2.05) is 24.3 Å². The standard InChI is InChI=1S/C22H24N2OS/c1-15-14-17(23-21(25)13-10-16-6-2-3-7-16)11-12-18(15)22-24-19-8-4-5-9-20(19)26-22/h4-5,8-9,11-12,14,16H,2-3,6-7,10,13H2,1H3,(H,23,25). The normalized spacial score (nSPS) is 14.8. The van der Waals surface area contributed by atoms with Gasteiger partial charge in [0.1, 0.15) is 5.01 Å². The molecule has 4 rings (SSSR count). The Morgan fingerprint density at radius 3 is 2.77 bits per heavy atom. The lowest BCUT2D eigenvalue weighted by molar-refractivity contribution is -0.116. The summed E-state index contributed by atoms with van der Waals surface area (Å²) in [6.45, 7) is 2.08. The summed E-state index contributed by atoms with van der Waals surface area (Å²) in [6, 6.07) is 14.3. The Labute approximate surface area is 158 Å². The molecule has 134 valence electrons. The molecule has 1 fully saturated rings. The fraction of sp³-hybridized carbons (Fsp3) is 0.364. The predicted octanol–water partition coefficient (Wildman–Crippen LogP) is 6.18. The van der Waals surface area contributed by atoms with Crippen molar-refractivity contribution in [1.29, 1.82) is 0 Å². The number of hydrogen-bond donors (Lipinski definition) is 1. The third-order valence-electron chi connectivity index (χ3n) is 5.29. The molecule has 1 heterocycles. The van der Waals surface area contributed by atoms with Gasteiger partial charge in [-0.05, 0) is 55.2 Å². The van der Waals surface area contributed by atoms with Crippen molar-refractivity contribution in [2.75, 3.05) is 5.32 Å². The van der Waals surface area contributed by atoms with Crippen molar-refractivity contribution in [2.45, 2.75) is 45.4 Å². The van der Waals surface area contributed by atoms with Crippen LogP contribution in [-0.2, 0) is 4.79 Å². The summed E-state index contributed by atoms with van der Waals surface area (Å²) in [5.74, 6) is 0.882. The van der Waals surface area contributed by atoms with E-state index in [0.717, 1.165) is 39.7 Å². The lowest BCUT2D eigenvalue weighted by atomic mass is 10.0. The minimum absolute atomic E-state index is 0.129. The first-order chi connectivity index (χ1) is 12.7. The number of rotatable bonds is 5. The highest BCUT2D eigenvalue weighted by Crippen LogP contribution is 2.33. The van der Waals surface area contributed by atoms with Crippen LogP contribution in [0.1, 0.15) is 44.1 Å². The molecule has 0 spiro atoms. The first-order valence-electron chi connectivity index (χ1n) is 9.45. The van der Waals surface area contributed by atoms with Crippen molar-refractivity contribution in [2.24, 2.45) is 5.92 Å². The molecule has 3 aromatic rings. The van der Waals surface area contributed by atoms with E-state index in [1.165, 1.54) is 30.4 Å². The fourth-order valence-electron chi connectivity index (χ4n) is 3.83. The largest absolute Gasteiger partial charge is 0.326 e. The molecule has 0 saturated heterocycles. The lowest BCUT2D eigenvalue weighted by Gasteiger charge is -2.10. The van der Waals surface area contributed by atoms with Gasteiger partial charge in [0.05, 0.1) is 10.2 Å². The van der Waals surface area contributed by atoms with Gasteiger partial charge in [-0.1, -0.05) is 37.8 Å². The molecular weight excluding hydrogens is 340 g/mol. The van der Waals surface area contributed by atoms with Gasteiger partial charge in [0, 0.05) is 17.7 Å². The number of para-hydroxylation sites is 1. The van der Waals surface area contributed by atoms with Crippen LogP contribution in [-0.4, -0.2) is 10.9 Å². The maximum absolute atomic E-state index is 12.2. The second kappa shape index (κ2) is 7.58. The van der Waals surface area contributed by atoms with E-state index < -0.39 is 0 Å². The number of hydrogen-bond acceptors (Lipinski definition) is 3. The Hall–Kier alpha value is -2.20. The molecule has 1 aliphatic carbocycles. The third-order valence-corrected chi connectivity index (χ3v) is 6.36. The summed E-state index contributed by atoms with van der Waals surface area (Å²) in [6.07, 6.45) is 6.90. The zero-order valence-electron chi connectivity index (χ0n) is 15.1.